The molecule has 2 aliphatic rings. The Bertz CT molecular complexity index is 340. The van der Waals surface area contributed by atoms with Crippen molar-refractivity contribution in [2.24, 2.45) is 11.8 Å². The number of thioether (sulfide) groups is 1. The van der Waals surface area contributed by atoms with Crippen LogP contribution in [0, 0.1) is 11.8 Å². The molecule has 0 bridgehead atoms. The van der Waals surface area contributed by atoms with Gasteiger partial charge in [0.2, 0.25) is 0 Å². The fourth-order valence-electron chi connectivity index (χ4n) is 2.25. The number of rotatable bonds is 5. The van der Waals surface area contributed by atoms with Gasteiger partial charge in [0.25, 0.3) is 0 Å². The summed E-state index contributed by atoms with van der Waals surface area (Å²) < 4.78 is 0. The van der Waals surface area contributed by atoms with Gasteiger partial charge in [-0.2, -0.15) is 11.8 Å². The van der Waals surface area contributed by atoms with Crippen LogP contribution in [0.2, 0.25) is 0 Å². The first kappa shape index (κ1) is 13.5. The van der Waals surface area contributed by atoms with Gasteiger partial charge in [-0.3, -0.25) is 0 Å². The molecule has 102 valence electrons. The highest BCUT2D eigenvalue weighted by atomic mass is 32.2. The van der Waals surface area contributed by atoms with Gasteiger partial charge in [-0.15, -0.1) is 0 Å². The summed E-state index contributed by atoms with van der Waals surface area (Å²) in [6, 6.07) is -0.358. The Morgan fingerprint density at radius 2 is 2.11 bits per heavy atom. The second-order valence-corrected chi connectivity index (χ2v) is 6.50. The van der Waals surface area contributed by atoms with Gasteiger partial charge in [0.1, 0.15) is 5.54 Å². The smallest absolute Gasteiger partial charge is 0.329 e. The van der Waals surface area contributed by atoms with Crippen LogP contribution >= 0.6 is 11.8 Å². The molecule has 2 atom stereocenters. The lowest BCUT2D eigenvalue weighted by molar-refractivity contribution is -0.144. The third-order valence-corrected chi connectivity index (χ3v) is 5.02. The van der Waals surface area contributed by atoms with Crippen molar-refractivity contribution in [2.75, 3.05) is 18.1 Å². The molecule has 18 heavy (non-hydrogen) atoms. The normalized spacial score (nSPS) is 26.4. The molecule has 1 saturated carbocycles. The molecular weight excluding hydrogens is 252 g/mol. The van der Waals surface area contributed by atoms with E-state index in [1.165, 1.54) is 0 Å². The molecule has 2 amide bonds. The number of carboxylic acid groups (broad SMARTS) is 1. The van der Waals surface area contributed by atoms with Crippen LogP contribution in [0.1, 0.15) is 26.2 Å². The third kappa shape index (κ3) is 3.10. The first-order valence-corrected chi connectivity index (χ1v) is 7.55. The van der Waals surface area contributed by atoms with Crippen LogP contribution in [0.25, 0.3) is 0 Å². The van der Waals surface area contributed by atoms with E-state index in [9.17, 15) is 14.7 Å². The summed E-state index contributed by atoms with van der Waals surface area (Å²) in [5, 5.41) is 14.6. The highest BCUT2D eigenvalue weighted by Crippen LogP contribution is 2.39. The van der Waals surface area contributed by atoms with E-state index < -0.39 is 11.5 Å². The Balaban J connectivity index is 1.79. The van der Waals surface area contributed by atoms with Crippen molar-refractivity contribution in [3.8, 4) is 0 Å². The molecule has 2 unspecified atom stereocenters. The fraction of sp³-hybridized carbons (Fsp3) is 0.833. The number of amides is 2. The number of carbonyl (C=O) groups excluding carboxylic acids is 1. The molecule has 0 radical (unpaired) electrons. The van der Waals surface area contributed by atoms with Gasteiger partial charge in [0.15, 0.2) is 0 Å². The number of nitrogens with one attached hydrogen (secondary N) is 2. The molecule has 1 saturated heterocycles. The van der Waals surface area contributed by atoms with Gasteiger partial charge in [-0.1, -0.05) is 0 Å². The molecule has 5 nitrogen and oxygen atoms in total. The standard InChI is InChI=1S/C12H20N2O3S/c1-12(10(15)16,9-2-3-9)14-11(17)13-6-8-4-5-18-7-8/h8-9H,2-7H2,1H3,(H,15,16)(H2,13,14,17). The van der Waals surface area contributed by atoms with Gasteiger partial charge in [0, 0.05) is 6.54 Å². The van der Waals surface area contributed by atoms with Gasteiger partial charge < -0.3 is 15.7 Å². The molecule has 2 fully saturated rings. The minimum atomic E-state index is -1.12. The molecule has 3 N–H and O–H groups in total. The molecule has 0 aromatic carbocycles. The van der Waals surface area contributed by atoms with Crippen LogP contribution in [0.15, 0.2) is 0 Å². The van der Waals surface area contributed by atoms with Crippen LogP contribution in [0.3, 0.4) is 0 Å². The summed E-state index contributed by atoms with van der Waals surface area (Å²) in [4.78, 5) is 23.0. The van der Waals surface area contributed by atoms with Crippen molar-refractivity contribution in [1.82, 2.24) is 10.6 Å². The molecule has 1 heterocycles. The van der Waals surface area contributed by atoms with Crippen molar-refractivity contribution >= 4 is 23.8 Å². The second-order valence-electron chi connectivity index (χ2n) is 5.35. The van der Waals surface area contributed by atoms with E-state index in [2.05, 4.69) is 10.6 Å². The molecule has 1 aliphatic carbocycles. The topological polar surface area (TPSA) is 78.4 Å². The summed E-state index contributed by atoms with van der Waals surface area (Å²) in [6.07, 6.45) is 2.88. The SMILES string of the molecule is CC(NC(=O)NCC1CCSC1)(C(=O)O)C1CC1. The zero-order valence-electron chi connectivity index (χ0n) is 10.6. The van der Waals surface area contributed by atoms with E-state index in [4.69, 9.17) is 0 Å². The molecule has 0 aromatic rings. The maximum atomic E-state index is 11.8. The fourth-order valence-corrected chi connectivity index (χ4v) is 3.54. The number of hydrogen-bond donors (Lipinski definition) is 3. The van der Waals surface area contributed by atoms with E-state index in [0.717, 1.165) is 30.8 Å². The van der Waals surface area contributed by atoms with Crippen molar-refractivity contribution < 1.29 is 14.7 Å². The molecule has 0 spiro atoms. The van der Waals surface area contributed by atoms with Crippen LogP contribution in [0.4, 0.5) is 4.79 Å². The van der Waals surface area contributed by atoms with Crippen LogP contribution in [-0.4, -0.2) is 40.7 Å². The lowest BCUT2D eigenvalue weighted by atomic mass is 9.96. The molecule has 1 aliphatic heterocycles. The summed E-state index contributed by atoms with van der Waals surface area (Å²) in [5.41, 5.74) is -1.12. The van der Waals surface area contributed by atoms with Crippen molar-refractivity contribution in [1.29, 1.82) is 0 Å². The molecular formula is C12H20N2O3S. The van der Waals surface area contributed by atoms with Gasteiger partial charge >= 0.3 is 12.0 Å². The van der Waals surface area contributed by atoms with Gasteiger partial charge in [-0.25, -0.2) is 9.59 Å². The number of hydrogen-bond acceptors (Lipinski definition) is 3. The predicted molar refractivity (Wildman–Crippen MR) is 70.7 cm³/mol. The monoisotopic (exact) mass is 272 g/mol. The minimum Gasteiger partial charge on any atom is -0.480 e. The second kappa shape index (κ2) is 5.38. The highest BCUT2D eigenvalue weighted by molar-refractivity contribution is 7.99. The largest absolute Gasteiger partial charge is 0.480 e. The minimum absolute atomic E-state index is 0.0720. The quantitative estimate of drug-likeness (QED) is 0.705. The summed E-state index contributed by atoms with van der Waals surface area (Å²) in [7, 11) is 0. The van der Waals surface area contributed by atoms with E-state index in [0.29, 0.717) is 12.5 Å². The maximum Gasteiger partial charge on any atom is 0.329 e. The van der Waals surface area contributed by atoms with E-state index in [1.54, 1.807) is 6.92 Å². The van der Waals surface area contributed by atoms with Gasteiger partial charge in [-0.05, 0) is 49.5 Å². The average molecular weight is 272 g/mol. The Labute approximate surface area is 111 Å². The van der Waals surface area contributed by atoms with Crippen LogP contribution in [0.5, 0.6) is 0 Å². The van der Waals surface area contributed by atoms with Crippen molar-refractivity contribution in [3.05, 3.63) is 0 Å². The van der Waals surface area contributed by atoms with Crippen LogP contribution < -0.4 is 10.6 Å². The molecule has 2 rings (SSSR count). The Morgan fingerprint density at radius 1 is 1.39 bits per heavy atom. The Morgan fingerprint density at radius 3 is 2.61 bits per heavy atom. The van der Waals surface area contributed by atoms with E-state index in [-0.39, 0.29) is 11.9 Å². The Hall–Kier alpha value is -0.910. The lowest BCUT2D eigenvalue weighted by Crippen LogP contribution is -2.57. The van der Waals surface area contributed by atoms with E-state index in [1.807, 2.05) is 11.8 Å². The number of carboxylic acids is 1. The van der Waals surface area contributed by atoms with Crippen molar-refractivity contribution in [2.45, 2.75) is 31.7 Å². The zero-order chi connectivity index (χ0) is 13.2. The number of aliphatic carboxylic acids is 1. The summed E-state index contributed by atoms with van der Waals surface area (Å²) in [6.45, 7) is 2.23. The van der Waals surface area contributed by atoms with Crippen molar-refractivity contribution in [3.63, 3.8) is 0 Å². The zero-order valence-corrected chi connectivity index (χ0v) is 11.4. The van der Waals surface area contributed by atoms with E-state index >= 15 is 0 Å². The summed E-state index contributed by atoms with van der Waals surface area (Å²) in [5.74, 6) is 1.89. The predicted octanol–water partition coefficient (Wildman–Crippen LogP) is 1.29. The number of urea groups is 1. The first-order valence-electron chi connectivity index (χ1n) is 6.39. The first-order chi connectivity index (χ1) is 8.52. The number of carbonyl (C=O) groups is 2. The maximum absolute atomic E-state index is 11.8. The lowest BCUT2D eigenvalue weighted by Gasteiger charge is -2.26. The Kier molecular flexibility index (Phi) is 4.04. The van der Waals surface area contributed by atoms with Gasteiger partial charge in [0.05, 0.1) is 0 Å². The molecule has 6 heteroatoms. The third-order valence-electron chi connectivity index (χ3n) is 3.79. The van der Waals surface area contributed by atoms with Crippen LogP contribution in [-0.2, 0) is 4.79 Å². The molecule has 0 aromatic heterocycles. The summed E-state index contributed by atoms with van der Waals surface area (Å²) >= 11 is 1.90. The highest BCUT2D eigenvalue weighted by Gasteiger charge is 2.48. The average Bonchev–Trinajstić information content (AvgIpc) is 3.04.